The number of halogens is 3. The number of fused-ring (bicyclic) bond motifs is 1. The van der Waals surface area contributed by atoms with E-state index in [1.165, 1.54) is 31.2 Å². The summed E-state index contributed by atoms with van der Waals surface area (Å²) in [5.74, 6) is -2.13. The van der Waals surface area contributed by atoms with Gasteiger partial charge < -0.3 is 10.1 Å². The van der Waals surface area contributed by atoms with Crippen LogP contribution in [0.3, 0.4) is 0 Å². The third kappa shape index (κ3) is 3.65. The molecular formula is C17H13F3N2O5S. The number of hydrogen-bond acceptors (Lipinski definition) is 5. The lowest BCUT2D eigenvalue weighted by molar-refractivity contribution is -0.274. The molecule has 28 heavy (non-hydrogen) atoms. The number of rotatable bonds is 4. The van der Waals surface area contributed by atoms with Crippen LogP contribution in [0, 0.1) is 0 Å². The van der Waals surface area contributed by atoms with Crippen molar-refractivity contribution in [2.45, 2.75) is 24.2 Å². The normalized spacial score (nSPS) is 16.4. The van der Waals surface area contributed by atoms with Crippen LogP contribution in [0.15, 0.2) is 53.4 Å². The van der Waals surface area contributed by atoms with E-state index in [0.717, 1.165) is 24.3 Å². The van der Waals surface area contributed by atoms with Crippen molar-refractivity contribution in [1.29, 1.82) is 0 Å². The van der Waals surface area contributed by atoms with Gasteiger partial charge in [0.1, 0.15) is 16.7 Å². The minimum atomic E-state index is -4.85. The van der Waals surface area contributed by atoms with Gasteiger partial charge in [-0.3, -0.25) is 9.59 Å². The second-order valence-corrected chi connectivity index (χ2v) is 7.62. The van der Waals surface area contributed by atoms with E-state index in [1.54, 1.807) is 0 Å². The van der Waals surface area contributed by atoms with Crippen molar-refractivity contribution in [3.05, 3.63) is 54.1 Å². The third-order valence-corrected chi connectivity index (χ3v) is 5.85. The zero-order valence-electron chi connectivity index (χ0n) is 14.2. The molecule has 2 amide bonds. The smallest absolute Gasteiger partial charge is 0.406 e. The van der Waals surface area contributed by atoms with Gasteiger partial charge in [0.2, 0.25) is 5.91 Å². The zero-order chi connectivity index (χ0) is 20.7. The van der Waals surface area contributed by atoms with Crippen LogP contribution in [0.1, 0.15) is 17.3 Å². The molecule has 0 aliphatic carbocycles. The molecule has 1 heterocycles. The number of benzene rings is 2. The third-order valence-electron chi connectivity index (χ3n) is 3.94. The maximum absolute atomic E-state index is 12.6. The van der Waals surface area contributed by atoms with Crippen LogP contribution >= 0.6 is 0 Å². The number of nitrogens with one attached hydrogen (secondary N) is 1. The first kappa shape index (κ1) is 19.7. The van der Waals surface area contributed by atoms with Gasteiger partial charge in [-0.15, -0.1) is 13.2 Å². The summed E-state index contributed by atoms with van der Waals surface area (Å²) in [6.45, 7) is 1.23. The number of anilines is 1. The summed E-state index contributed by atoms with van der Waals surface area (Å²) in [6.07, 6.45) is -4.85. The standard InChI is InChI=1S/C17H13F3N2O5S/c1-10(22-16(24)13-4-2-3-5-14(13)28(22,25)26)15(23)21-11-6-8-12(9-7-11)27-17(18,19)20/h2-10H,1H3,(H,21,23). The summed E-state index contributed by atoms with van der Waals surface area (Å²) < 4.78 is 65.8. The predicted octanol–water partition coefficient (Wildman–Crippen LogP) is 2.76. The number of nitrogens with zero attached hydrogens (tertiary/aromatic N) is 1. The Balaban J connectivity index is 1.76. The van der Waals surface area contributed by atoms with Crippen LogP contribution in [-0.2, 0) is 14.8 Å². The molecule has 0 saturated carbocycles. The summed E-state index contributed by atoms with van der Waals surface area (Å²) >= 11 is 0. The quantitative estimate of drug-likeness (QED) is 0.831. The highest BCUT2D eigenvalue weighted by atomic mass is 32.2. The van der Waals surface area contributed by atoms with Gasteiger partial charge >= 0.3 is 6.36 Å². The van der Waals surface area contributed by atoms with E-state index in [0.29, 0.717) is 4.31 Å². The Morgan fingerprint density at radius 2 is 1.71 bits per heavy atom. The lowest BCUT2D eigenvalue weighted by atomic mass is 10.2. The largest absolute Gasteiger partial charge is 0.573 e. The van der Waals surface area contributed by atoms with Crippen LogP contribution in [0.25, 0.3) is 0 Å². The molecule has 0 spiro atoms. The van der Waals surface area contributed by atoms with E-state index in [1.807, 2.05) is 0 Å². The number of carbonyl (C=O) groups is 2. The topological polar surface area (TPSA) is 92.8 Å². The molecule has 2 aromatic rings. The first-order valence-corrected chi connectivity index (χ1v) is 9.29. The molecule has 0 bridgehead atoms. The summed E-state index contributed by atoms with van der Waals surface area (Å²) in [5, 5.41) is 2.36. The minimum absolute atomic E-state index is 0.0317. The molecule has 1 N–H and O–H groups in total. The highest BCUT2D eigenvalue weighted by molar-refractivity contribution is 7.90. The van der Waals surface area contributed by atoms with Crippen molar-refractivity contribution >= 4 is 27.5 Å². The highest BCUT2D eigenvalue weighted by Crippen LogP contribution is 2.32. The molecule has 1 atom stereocenters. The molecule has 148 valence electrons. The average Bonchev–Trinajstić information content (AvgIpc) is 2.81. The van der Waals surface area contributed by atoms with E-state index < -0.39 is 40.0 Å². The van der Waals surface area contributed by atoms with E-state index in [9.17, 15) is 31.2 Å². The molecule has 1 aliphatic heterocycles. The molecular weight excluding hydrogens is 401 g/mol. The van der Waals surface area contributed by atoms with Crippen LogP contribution in [0.2, 0.25) is 0 Å². The molecule has 0 fully saturated rings. The maximum Gasteiger partial charge on any atom is 0.573 e. The molecule has 1 unspecified atom stereocenters. The molecule has 0 saturated heterocycles. The van der Waals surface area contributed by atoms with Crippen molar-refractivity contribution in [3.63, 3.8) is 0 Å². The molecule has 2 aromatic carbocycles. The lowest BCUT2D eigenvalue weighted by Gasteiger charge is -2.22. The summed E-state index contributed by atoms with van der Waals surface area (Å²) in [7, 11) is -4.18. The second-order valence-electron chi connectivity index (χ2n) is 5.84. The van der Waals surface area contributed by atoms with Gasteiger partial charge in [0.05, 0.1) is 5.56 Å². The van der Waals surface area contributed by atoms with Crippen LogP contribution < -0.4 is 10.1 Å². The summed E-state index contributed by atoms with van der Waals surface area (Å²) in [6, 6.07) is 8.49. The molecule has 11 heteroatoms. The second kappa shape index (κ2) is 6.82. The monoisotopic (exact) mass is 414 g/mol. The maximum atomic E-state index is 12.6. The fourth-order valence-corrected chi connectivity index (χ4v) is 4.40. The Morgan fingerprint density at radius 1 is 1.11 bits per heavy atom. The molecule has 0 aromatic heterocycles. The van der Waals surface area contributed by atoms with Crippen molar-refractivity contribution in [3.8, 4) is 5.75 Å². The molecule has 1 aliphatic rings. The van der Waals surface area contributed by atoms with Gasteiger partial charge in [-0.05, 0) is 43.3 Å². The van der Waals surface area contributed by atoms with E-state index in [2.05, 4.69) is 10.1 Å². The van der Waals surface area contributed by atoms with Crippen molar-refractivity contribution < 1.29 is 35.9 Å². The van der Waals surface area contributed by atoms with Gasteiger partial charge in [-0.2, -0.15) is 0 Å². The Hall–Kier alpha value is -3.08. The number of hydrogen-bond donors (Lipinski definition) is 1. The summed E-state index contributed by atoms with van der Waals surface area (Å²) in [4.78, 5) is 24.7. The number of ether oxygens (including phenoxy) is 1. The van der Waals surface area contributed by atoms with Crippen LogP contribution in [0.4, 0.5) is 18.9 Å². The van der Waals surface area contributed by atoms with Gasteiger partial charge in [-0.1, -0.05) is 12.1 Å². The van der Waals surface area contributed by atoms with E-state index >= 15 is 0 Å². The van der Waals surface area contributed by atoms with Crippen molar-refractivity contribution in [1.82, 2.24) is 4.31 Å². The SMILES string of the molecule is CC(C(=O)Nc1ccc(OC(F)(F)F)cc1)N1C(=O)c2ccccc2S1(=O)=O. The fourth-order valence-electron chi connectivity index (χ4n) is 2.68. The first-order chi connectivity index (χ1) is 13.0. The number of sulfonamides is 1. The number of carbonyl (C=O) groups excluding carboxylic acids is 2. The number of alkyl halides is 3. The van der Waals surface area contributed by atoms with Gasteiger partial charge in [0, 0.05) is 5.69 Å². The van der Waals surface area contributed by atoms with Gasteiger partial charge in [0.25, 0.3) is 15.9 Å². The fraction of sp³-hybridized carbons (Fsp3) is 0.176. The molecule has 3 rings (SSSR count). The van der Waals surface area contributed by atoms with Gasteiger partial charge in [-0.25, -0.2) is 12.7 Å². The predicted molar refractivity (Wildman–Crippen MR) is 91.0 cm³/mol. The molecule has 0 radical (unpaired) electrons. The van der Waals surface area contributed by atoms with Crippen molar-refractivity contribution in [2.24, 2.45) is 0 Å². The first-order valence-electron chi connectivity index (χ1n) is 7.85. The van der Waals surface area contributed by atoms with Gasteiger partial charge in [0.15, 0.2) is 0 Å². The Labute approximate surface area is 157 Å². The average molecular weight is 414 g/mol. The lowest BCUT2D eigenvalue weighted by Crippen LogP contribution is -2.45. The summed E-state index contributed by atoms with van der Waals surface area (Å²) in [5.41, 5.74) is 0.0729. The Morgan fingerprint density at radius 3 is 2.29 bits per heavy atom. The highest BCUT2D eigenvalue weighted by Gasteiger charge is 2.45. The van der Waals surface area contributed by atoms with E-state index in [-0.39, 0.29) is 16.1 Å². The minimum Gasteiger partial charge on any atom is -0.406 e. The van der Waals surface area contributed by atoms with Crippen LogP contribution in [-0.4, -0.2) is 36.9 Å². The van der Waals surface area contributed by atoms with Crippen molar-refractivity contribution in [2.75, 3.05) is 5.32 Å². The number of amides is 2. The molecule has 7 nitrogen and oxygen atoms in total. The zero-order valence-corrected chi connectivity index (χ0v) is 15.0. The Kier molecular flexibility index (Phi) is 4.79. The van der Waals surface area contributed by atoms with E-state index in [4.69, 9.17) is 0 Å². The van der Waals surface area contributed by atoms with Crippen LogP contribution in [0.5, 0.6) is 5.75 Å². The Bertz CT molecular complexity index is 1040.